The first kappa shape index (κ1) is 101. The van der Waals surface area contributed by atoms with Gasteiger partial charge in [-0.2, -0.15) is 0 Å². The number of benzene rings is 3. The van der Waals surface area contributed by atoms with Crippen molar-refractivity contribution in [1.29, 1.82) is 0 Å². The van der Waals surface area contributed by atoms with Crippen LogP contribution in [-0.4, -0.2) is 238 Å². The molecule has 3 fully saturated rings. The summed E-state index contributed by atoms with van der Waals surface area (Å²) in [4.78, 5) is 159. The van der Waals surface area contributed by atoms with Gasteiger partial charge >= 0.3 is 36.2 Å². The monoisotopic (exact) mass is 1680 g/mol. The second-order valence-electron chi connectivity index (χ2n) is 32.7. The Bertz CT molecular complexity index is 3740. The molecule has 3 heterocycles. The van der Waals surface area contributed by atoms with Gasteiger partial charge in [0, 0.05) is 77.4 Å². The lowest BCUT2D eigenvalue weighted by atomic mass is 9.98. The Morgan fingerprint density at radius 1 is 0.412 bits per heavy atom. The van der Waals surface area contributed by atoms with Gasteiger partial charge in [-0.15, -0.1) is 0 Å². The number of hydrogen-bond acceptors (Lipinski definition) is 24. The van der Waals surface area contributed by atoms with E-state index in [0.29, 0.717) is 101 Å². The predicted octanol–water partition coefficient (Wildman–Crippen LogP) is 9.27. The SMILES string of the molecule is CC[C@H](C)[C@H](NC(=O)[C@H](Cc1ccc(O)cc1)NC(=O)CCC1OCCCN1C(=O)OC(C)(C)C)C(=O)OC.CC[C@H](C)[C@H](NC(=O)[C@H](Cc1ccc(OC)c(OC)c1)NC(=O)CCC1OCCCN1C(=O)OC(C)(C)C)C(=O)OC.CC[C@H](C)[C@H](NC(=O)[C@H](Cc1ccccc1)NC(=O)CCC1OCCCN1C(=O)OC(C)(C)C)C(=O)OC. The molecule has 0 radical (unpaired) electrons. The van der Waals surface area contributed by atoms with Crippen molar-refractivity contribution in [2.24, 2.45) is 17.8 Å². The normalized spacial score (nSPS) is 17.7. The molecular formula is C86H133N9O24. The third-order valence-corrected chi connectivity index (χ3v) is 19.7. The molecule has 0 aromatic heterocycles. The molecule has 3 aliphatic heterocycles. The predicted molar refractivity (Wildman–Crippen MR) is 441 cm³/mol. The average Bonchev–Trinajstić information content (AvgIpc) is 0.852. The summed E-state index contributed by atoms with van der Waals surface area (Å²) in [6.45, 7) is 30.1. The lowest BCUT2D eigenvalue weighted by molar-refractivity contribution is -0.147. The second kappa shape index (κ2) is 50.1. The van der Waals surface area contributed by atoms with Crippen LogP contribution in [0.3, 0.4) is 0 Å². The van der Waals surface area contributed by atoms with Crippen LogP contribution in [0.25, 0.3) is 0 Å². The molecule has 0 saturated carbocycles. The van der Waals surface area contributed by atoms with E-state index in [1.54, 1.807) is 92.6 Å². The minimum absolute atomic E-state index is 0.00485. The maximum absolute atomic E-state index is 13.5. The van der Waals surface area contributed by atoms with E-state index in [1.807, 2.05) is 71.9 Å². The second-order valence-corrected chi connectivity index (χ2v) is 32.7. The van der Waals surface area contributed by atoms with E-state index >= 15 is 0 Å². The van der Waals surface area contributed by atoms with Gasteiger partial charge in [0.15, 0.2) is 11.5 Å². The quantitative estimate of drug-likeness (QED) is 0.0213. The summed E-state index contributed by atoms with van der Waals surface area (Å²) in [5.41, 5.74) is 0.293. The van der Waals surface area contributed by atoms with E-state index in [4.69, 9.17) is 52.1 Å². The fraction of sp³-hybridized carbons (Fsp3) is 0.651. The summed E-state index contributed by atoms with van der Waals surface area (Å²) >= 11 is 0. The zero-order valence-corrected chi connectivity index (χ0v) is 73.4. The molecule has 3 aromatic rings. The summed E-state index contributed by atoms with van der Waals surface area (Å²) in [5, 5.41) is 26.3. The van der Waals surface area contributed by atoms with Crippen molar-refractivity contribution in [1.82, 2.24) is 46.6 Å². The number of amides is 9. The fourth-order valence-corrected chi connectivity index (χ4v) is 12.7. The molecule has 33 nitrogen and oxygen atoms in total. The number of methoxy groups -OCH3 is 5. The maximum Gasteiger partial charge on any atom is 0.412 e. The summed E-state index contributed by atoms with van der Waals surface area (Å²) in [6.07, 6.45) is 1.78. The molecule has 7 N–H and O–H groups in total. The largest absolute Gasteiger partial charge is 0.508 e. The molecule has 3 unspecified atom stereocenters. The maximum atomic E-state index is 13.5. The number of carbonyl (C=O) groups is 12. The van der Waals surface area contributed by atoms with Crippen molar-refractivity contribution in [2.75, 3.05) is 75.0 Å². The Labute approximate surface area is 701 Å². The lowest BCUT2D eigenvalue weighted by Gasteiger charge is -2.36. The smallest absolute Gasteiger partial charge is 0.412 e. The van der Waals surface area contributed by atoms with Gasteiger partial charge < -0.3 is 89.1 Å². The lowest BCUT2D eigenvalue weighted by Crippen LogP contribution is -2.54. The van der Waals surface area contributed by atoms with E-state index in [-0.39, 0.29) is 87.2 Å². The number of hydrogen-bond donors (Lipinski definition) is 7. The number of phenols is 1. The Morgan fingerprint density at radius 2 is 0.706 bits per heavy atom. The summed E-state index contributed by atoms with van der Waals surface area (Å²) in [6, 6.07) is 15.3. The fourth-order valence-electron chi connectivity index (χ4n) is 12.7. The van der Waals surface area contributed by atoms with Gasteiger partial charge in [0.2, 0.25) is 35.4 Å². The van der Waals surface area contributed by atoms with Crippen LogP contribution in [0.1, 0.15) is 198 Å². The van der Waals surface area contributed by atoms with Gasteiger partial charge in [-0.1, -0.05) is 109 Å². The van der Waals surface area contributed by atoms with Crippen LogP contribution in [0.15, 0.2) is 72.8 Å². The molecule has 0 spiro atoms. The first-order chi connectivity index (χ1) is 56.1. The molecular weight excluding hydrogens is 1540 g/mol. The van der Waals surface area contributed by atoms with Gasteiger partial charge in [-0.3, -0.25) is 43.5 Å². The molecule has 6 rings (SSSR count). The third kappa shape index (κ3) is 35.8. The Morgan fingerprint density at radius 3 is 0.992 bits per heavy atom. The number of aromatic hydroxyl groups is 1. The van der Waals surface area contributed by atoms with E-state index in [0.717, 1.165) is 5.56 Å². The van der Waals surface area contributed by atoms with Gasteiger partial charge in [0.05, 0.1) is 55.4 Å². The van der Waals surface area contributed by atoms with Crippen LogP contribution < -0.4 is 41.4 Å². The highest BCUT2D eigenvalue weighted by Gasteiger charge is 2.39. The molecule has 0 aliphatic carbocycles. The Hall–Kier alpha value is -10.0. The molecule has 0 bridgehead atoms. The molecule has 119 heavy (non-hydrogen) atoms. The summed E-state index contributed by atoms with van der Waals surface area (Å²) in [7, 11) is 6.83. The zero-order valence-electron chi connectivity index (χ0n) is 73.4. The number of rotatable bonds is 35. The van der Waals surface area contributed by atoms with Crippen LogP contribution >= 0.6 is 0 Å². The Balaban J connectivity index is 0.000000376. The van der Waals surface area contributed by atoms with Crippen molar-refractivity contribution in [2.45, 2.75) is 272 Å². The van der Waals surface area contributed by atoms with Gasteiger partial charge in [0.1, 0.15) is 77.5 Å². The van der Waals surface area contributed by atoms with Crippen LogP contribution in [-0.2, 0) is 105 Å². The van der Waals surface area contributed by atoms with E-state index in [9.17, 15) is 62.6 Å². The van der Waals surface area contributed by atoms with Crippen LogP contribution in [0, 0.1) is 17.8 Å². The van der Waals surface area contributed by atoms with Crippen molar-refractivity contribution in [3.63, 3.8) is 0 Å². The van der Waals surface area contributed by atoms with Crippen LogP contribution in [0.4, 0.5) is 14.4 Å². The molecule has 3 aromatic carbocycles. The molecule has 9 amide bonds. The molecule has 3 saturated heterocycles. The van der Waals surface area contributed by atoms with Crippen molar-refractivity contribution in [3.8, 4) is 17.2 Å². The zero-order chi connectivity index (χ0) is 88.9. The van der Waals surface area contributed by atoms with Crippen molar-refractivity contribution in [3.05, 3.63) is 89.5 Å². The topological polar surface area (TPSA) is 408 Å². The summed E-state index contributed by atoms with van der Waals surface area (Å²) < 4.78 is 59.1. The van der Waals surface area contributed by atoms with Gasteiger partial charge in [0.25, 0.3) is 0 Å². The molecule has 33 heteroatoms. The number of nitrogens with zero attached hydrogens (tertiary/aromatic N) is 3. The molecule has 666 valence electrons. The van der Waals surface area contributed by atoms with Crippen LogP contribution in [0.5, 0.6) is 17.2 Å². The van der Waals surface area contributed by atoms with Gasteiger partial charge in [-0.25, -0.2) is 28.8 Å². The third-order valence-electron chi connectivity index (χ3n) is 19.7. The highest BCUT2D eigenvalue weighted by Crippen LogP contribution is 2.30. The van der Waals surface area contributed by atoms with Crippen molar-refractivity contribution >= 4 is 71.6 Å². The van der Waals surface area contributed by atoms with Gasteiger partial charge in [-0.05, 0) is 140 Å². The number of esters is 3. The number of nitrogens with one attached hydrogen (secondary N) is 6. The Kier molecular flexibility index (Phi) is 42.7. The molecule has 3 aliphatic rings. The minimum atomic E-state index is -1.01. The number of carbonyl (C=O) groups excluding carboxylic acids is 12. The average molecular weight is 1680 g/mol. The standard InChI is InChI=1S/C30H47N3O9.C28H43N3O8.C28H43N3O7/c1-9-19(2)26(28(36)40-8)32-27(35)21(17-20-11-12-22(38-6)23(18-20)39-7)31-24(34)13-14-25-33(15-10-16-41-25)29(37)42-30(3,4)5;1-7-18(2)24(26(35)37-6)30-25(34)21(17-19-9-11-20(32)12-10-19)29-22(33)13-14-23-31(15-8-16-38-23)27(36)39-28(3,4)5;1-7-19(2)24(26(34)36-6)30-25(33)21(18-20-12-9-8-10-13-20)29-22(32)14-15-23-31(16-11-17-37-23)27(35)38-28(3,4)5/h11-12,18-19,21,25-26H,9-10,13-17H2,1-8H3,(H,31,34)(H,32,35);9-12,18,21,23-24,32H,7-8,13-17H2,1-6H3,(H,29,33)(H,30,34);8-10,12-13,19,21,23-24H,7,11,14-18H2,1-6H3,(H,29,32)(H,30,33)/t19-,21-,25?,26-;18-,21-,23?,24-;19-,21-,23?,24-/m000/s1. The van der Waals surface area contributed by atoms with E-state index in [1.165, 1.54) is 62.4 Å². The number of phenolic OH excluding ortho intramolecular Hbond substituents is 1. The van der Waals surface area contributed by atoms with Crippen molar-refractivity contribution < 1.29 is 115 Å². The first-order valence-corrected chi connectivity index (χ1v) is 41.0. The summed E-state index contributed by atoms with van der Waals surface area (Å²) in [5.74, 6) is -3.83. The van der Waals surface area contributed by atoms with E-state index < -0.39 is 137 Å². The highest BCUT2D eigenvalue weighted by atomic mass is 16.6. The first-order valence-electron chi connectivity index (χ1n) is 41.0. The van der Waals surface area contributed by atoms with Crippen LogP contribution in [0.2, 0.25) is 0 Å². The molecule has 12 atom stereocenters. The highest BCUT2D eigenvalue weighted by molar-refractivity contribution is 5.93. The minimum Gasteiger partial charge on any atom is -0.508 e. The number of ether oxygens (including phenoxy) is 11. The van der Waals surface area contributed by atoms with E-state index in [2.05, 4.69) is 31.9 Å².